The van der Waals surface area contributed by atoms with Gasteiger partial charge in [-0.2, -0.15) is 18.3 Å². The molecule has 42 heavy (non-hydrogen) atoms. The van der Waals surface area contributed by atoms with Crippen LogP contribution in [0.5, 0.6) is 0 Å². The summed E-state index contributed by atoms with van der Waals surface area (Å²) in [5.41, 5.74) is -0.561. The van der Waals surface area contributed by atoms with Crippen molar-refractivity contribution in [1.82, 2.24) is 14.7 Å². The number of halogens is 5. The summed E-state index contributed by atoms with van der Waals surface area (Å²) in [6.45, 7) is 0.443. The number of carboxylic acids is 1. The first kappa shape index (κ1) is 29.8. The van der Waals surface area contributed by atoms with E-state index < -0.39 is 70.7 Å². The summed E-state index contributed by atoms with van der Waals surface area (Å²) in [5.74, 6) is -6.07. The van der Waals surface area contributed by atoms with Crippen LogP contribution in [0.3, 0.4) is 0 Å². The van der Waals surface area contributed by atoms with Crippen molar-refractivity contribution in [3.8, 4) is 0 Å². The van der Waals surface area contributed by atoms with E-state index in [0.717, 1.165) is 4.68 Å². The van der Waals surface area contributed by atoms with E-state index in [1.165, 1.54) is 0 Å². The van der Waals surface area contributed by atoms with Crippen molar-refractivity contribution in [3.05, 3.63) is 17.0 Å². The van der Waals surface area contributed by atoms with Crippen LogP contribution in [0.1, 0.15) is 85.5 Å². The number of carboxylic acid groups (broad SMARTS) is 1. The highest BCUT2D eigenvalue weighted by molar-refractivity contribution is 6.22. The Hall–Kier alpha value is -2.21. The van der Waals surface area contributed by atoms with E-state index in [2.05, 4.69) is 5.10 Å². The smallest absolute Gasteiger partial charge is 0.394 e. The fourth-order valence-electron chi connectivity index (χ4n) is 8.10. The summed E-state index contributed by atoms with van der Waals surface area (Å²) in [7, 11) is 0. The molecule has 2 N–H and O–H groups in total. The standard InChI is InChI=1S/C29H36ClF4N3O5/c30-20-3-1-2-19(28(8-9-28)29(32,33)34)23(20)26(40)37-22-11-14(25(39)36-12-16(38)13-36)4-7-18(22)24(35-37)17-6-5-15(27(41)42)10-21(17)31/h14-17,19-21,23,38H,1-13H2,(H,41,42). The van der Waals surface area contributed by atoms with Gasteiger partial charge in [0.15, 0.2) is 0 Å². The van der Waals surface area contributed by atoms with Crippen LogP contribution in [0.2, 0.25) is 0 Å². The van der Waals surface area contributed by atoms with Gasteiger partial charge in [0.1, 0.15) is 6.17 Å². The van der Waals surface area contributed by atoms with Gasteiger partial charge in [0.2, 0.25) is 5.91 Å². The van der Waals surface area contributed by atoms with Crippen LogP contribution in [0.4, 0.5) is 17.6 Å². The van der Waals surface area contributed by atoms with Crippen molar-refractivity contribution in [2.75, 3.05) is 13.1 Å². The predicted octanol–water partition coefficient (Wildman–Crippen LogP) is 4.50. The molecule has 1 aromatic heterocycles. The van der Waals surface area contributed by atoms with Crippen molar-refractivity contribution >= 4 is 29.4 Å². The molecule has 4 fully saturated rings. The summed E-state index contributed by atoms with van der Waals surface area (Å²) in [5, 5.41) is 22.9. The van der Waals surface area contributed by atoms with E-state index in [-0.39, 0.29) is 63.9 Å². The Labute approximate surface area is 245 Å². The Morgan fingerprint density at radius 3 is 2.31 bits per heavy atom. The number of likely N-dealkylation sites (tertiary alicyclic amines) is 1. The highest BCUT2D eigenvalue weighted by Gasteiger charge is 2.69. The van der Waals surface area contributed by atoms with Gasteiger partial charge < -0.3 is 15.1 Å². The summed E-state index contributed by atoms with van der Waals surface area (Å²) >= 11 is 6.64. The minimum absolute atomic E-state index is 0.0500. The Kier molecular flexibility index (Phi) is 7.64. The van der Waals surface area contributed by atoms with Crippen LogP contribution in [-0.2, 0) is 22.4 Å². The van der Waals surface area contributed by atoms with E-state index in [4.69, 9.17) is 11.6 Å². The highest BCUT2D eigenvalue weighted by atomic mass is 35.5. The minimum atomic E-state index is -4.47. The first-order valence-corrected chi connectivity index (χ1v) is 15.5. The van der Waals surface area contributed by atoms with Gasteiger partial charge in [-0.15, -0.1) is 11.6 Å². The molecule has 5 aliphatic rings. The zero-order valence-electron chi connectivity index (χ0n) is 23.2. The molecular formula is C29H36ClF4N3O5. The molecule has 8 nitrogen and oxygen atoms in total. The fourth-order valence-corrected chi connectivity index (χ4v) is 8.54. The van der Waals surface area contributed by atoms with E-state index in [0.29, 0.717) is 42.6 Å². The SMILES string of the molecule is O=C(O)C1CCC(c2nn(C(=O)C3C(Cl)CCCC3C3(C(F)(F)F)CC3)c3c2CCC(C(=O)N2CC(O)C2)C3)C(F)C1. The number of aliphatic hydroxyl groups is 1. The maximum Gasteiger partial charge on any atom is 0.394 e. The Bertz CT molecular complexity index is 1260. The van der Waals surface area contributed by atoms with Crippen molar-refractivity contribution in [1.29, 1.82) is 0 Å². The second-order valence-corrected chi connectivity index (χ2v) is 13.7. The molecule has 0 radical (unpaired) electrons. The molecule has 1 amide bonds. The van der Waals surface area contributed by atoms with Gasteiger partial charge in [-0.05, 0) is 69.3 Å². The third-order valence-electron chi connectivity index (χ3n) is 10.7. The number of rotatable bonds is 5. The first-order chi connectivity index (χ1) is 19.8. The van der Waals surface area contributed by atoms with Gasteiger partial charge in [-0.1, -0.05) is 6.42 Å². The zero-order chi connectivity index (χ0) is 30.1. The van der Waals surface area contributed by atoms with Gasteiger partial charge >= 0.3 is 12.1 Å². The lowest BCUT2D eigenvalue weighted by Crippen LogP contribution is -2.55. The third-order valence-corrected chi connectivity index (χ3v) is 11.2. The number of fused-ring (bicyclic) bond motifs is 1. The van der Waals surface area contributed by atoms with Crippen LogP contribution in [-0.4, -0.2) is 79.6 Å². The molecule has 6 rings (SSSR count). The number of aromatic nitrogens is 2. The van der Waals surface area contributed by atoms with Crippen LogP contribution >= 0.6 is 11.6 Å². The molecule has 13 heteroatoms. The topological polar surface area (TPSA) is 113 Å². The molecule has 1 aliphatic heterocycles. The van der Waals surface area contributed by atoms with Gasteiger partial charge in [0.05, 0.1) is 34.7 Å². The monoisotopic (exact) mass is 617 g/mol. The largest absolute Gasteiger partial charge is 0.481 e. The predicted molar refractivity (Wildman–Crippen MR) is 142 cm³/mol. The summed E-state index contributed by atoms with van der Waals surface area (Å²) in [6, 6.07) is 0. The molecule has 1 saturated heterocycles. The maximum atomic E-state index is 15.5. The molecule has 0 bridgehead atoms. The van der Waals surface area contributed by atoms with Crippen molar-refractivity contribution in [2.45, 2.75) is 100 Å². The van der Waals surface area contributed by atoms with Crippen molar-refractivity contribution in [3.63, 3.8) is 0 Å². The van der Waals surface area contributed by atoms with E-state index in [1.807, 2.05) is 0 Å². The highest BCUT2D eigenvalue weighted by Crippen LogP contribution is 2.66. The molecule has 0 aromatic carbocycles. The van der Waals surface area contributed by atoms with Crippen molar-refractivity contribution < 1.29 is 42.2 Å². The molecule has 7 atom stereocenters. The lowest BCUT2D eigenvalue weighted by Gasteiger charge is -2.40. The number of nitrogens with zero attached hydrogens (tertiary/aromatic N) is 3. The number of carbonyl (C=O) groups is 3. The van der Waals surface area contributed by atoms with Crippen LogP contribution in [0, 0.1) is 29.1 Å². The molecule has 4 aliphatic carbocycles. The fraction of sp³-hybridized carbons (Fsp3) is 0.793. The molecule has 0 spiro atoms. The molecule has 1 aromatic rings. The number of carbonyl (C=O) groups excluding carboxylic acids is 2. The number of hydrogen-bond acceptors (Lipinski definition) is 5. The quantitative estimate of drug-likeness (QED) is 0.372. The lowest BCUT2D eigenvalue weighted by molar-refractivity contribution is -0.209. The van der Waals surface area contributed by atoms with Gasteiger partial charge in [0.25, 0.3) is 5.91 Å². The summed E-state index contributed by atoms with van der Waals surface area (Å²) in [4.78, 5) is 40.5. The number of aliphatic carboxylic acids is 1. The maximum absolute atomic E-state index is 15.5. The Morgan fingerprint density at radius 2 is 1.71 bits per heavy atom. The van der Waals surface area contributed by atoms with Crippen molar-refractivity contribution in [2.24, 2.45) is 29.1 Å². The Morgan fingerprint density at radius 1 is 1.00 bits per heavy atom. The summed E-state index contributed by atoms with van der Waals surface area (Å²) in [6.07, 6.45) is -4.41. The average Bonchev–Trinajstić information content (AvgIpc) is 3.66. The molecule has 7 unspecified atom stereocenters. The van der Waals surface area contributed by atoms with Gasteiger partial charge in [-0.25, -0.2) is 9.07 Å². The number of β-amino-alcohol motifs (C(OH)–C–C–N with tert-alkyl or cyclic N) is 1. The average molecular weight is 618 g/mol. The second kappa shape index (κ2) is 10.7. The van der Waals surface area contributed by atoms with E-state index in [9.17, 15) is 37.8 Å². The minimum Gasteiger partial charge on any atom is -0.481 e. The van der Waals surface area contributed by atoms with E-state index >= 15 is 4.39 Å². The summed E-state index contributed by atoms with van der Waals surface area (Å²) < 4.78 is 59.4. The molecule has 3 saturated carbocycles. The molecule has 2 heterocycles. The molecule has 232 valence electrons. The van der Waals surface area contributed by atoms with Crippen LogP contribution < -0.4 is 0 Å². The third kappa shape index (κ3) is 4.94. The first-order valence-electron chi connectivity index (χ1n) is 15.0. The normalized spacial score (nSPS) is 34.8. The molecular weight excluding hydrogens is 582 g/mol. The number of hydrogen-bond donors (Lipinski definition) is 2. The number of amides is 1. The van der Waals surface area contributed by atoms with Crippen LogP contribution in [0.15, 0.2) is 0 Å². The van der Waals surface area contributed by atoms with E-state index in [1.54, 1.807) is 4.90 Å². The lowest BCUT2D eigenvalue weighted by atomic mass is 9.69. The van der Waals surface area contributed by atoms with Crippen LogP contribution in [0.25, 0.3) is 0 Å². The zero-order valence-corrected chi connectivity index (χ0v) is 23.9. The van der Waals surface area contributed by atoms with Gasteiger partial charge in [0, 0.05) is 36.7 Å². The number of alkyl halides is 5. The second-order valence-electron chi connectivity index (χ2n) is 13.1. The Balaban J connectivity index is 1.36. The number of aliphatic hydroxyl groups excluding tert-OH is 1. The van der Waals surface area contributed by atoms with Gasteiger partial charge in [-0.3, -0.25) is 14.4 Å².